The molecule has 0 atom stereocenters. The SMILES string of the molecule is CCC(CC)(CN)C(=O)NCCc1nc2c(F)cccc2n1C.Cl.Cl. The summed E-state index contributed by atoms with van der Waals surface area (Å²) in [7, 11) is 1.86. The quantitative estimate of drug-likeness (QED) is 0.760. The number of amides is 1. The van der Waals surface area contributed by atoms with Gasteiger partial charge < -0.3 is 15.6 Å². The van der Waals surface area contributed by atoms with Gasteiger partial charge in [-0.3, -0.25) is 4.79 Å². The monoisotopic (exact) mass is 392 g/mol. The molecule has 1 aromatic heterocycles. The Balaban J connectivity index is 0.00000288. The number of fused-ring (bicyclic) bond motifs is 1. The smallest absolute Gasteiger partial charge is 0.227 e. The van der Waals surface area contributed by atoms with Crippen LogP contribution in [0.25, 0.3) is 11.0 Å². The second kappa shape index (κ2) is 9.94. The van der Waals surface area contributed by atoms with Gasteiger partial charge >= 0.3 is 0 Å². The Morgan fingerprint density at radius 1 is 1.32 bits per heavy atom. The maximum atomic E-state index is 13.8. The fourth-order valence-electron chi connectivity index (χ4n) is 2.88. The van der Waals surface area contributed by atoms with Crippen molar-refractivity contribution in [2.24, 2.45) is 18.2 Å². The maximum absolute atomic E-state index is 13.8. The molecule has 142 valence electrons. The highest BCUT2D eigenvalue weighted by Gasteiger charge is 2.32. The van der Waals surface area contributed by atoms with E-state index in [1.807, 2.05) is 31.5 Å². The molecule has 0 saturated heterocycles. The molecule has 0 unspecified atom stereocenters. The Labute approximate surface area is 160 Å². The minimum absolute atomic E-state index is 0. The highest BCUT2D eigenvalue weighted by Crippen LogP contribution is 2.25. The molecule has 8 heteroatoms. The number of aryl methyl sites for hydroxylation is 1. The van der Waals surface area contributed by atoms with Crippen molar-refractivity contribution in [1.29, 1.82) is 0 Å². The lowest BCUT2D eigenvalue weighted by molar-refractivity contribution is -0.131. The van der Waals surface area contributed by atoms with Crippen molar-refractivity contribution in [2.75, 3.05) is 13.1 Å². The molecule has 0 saturated carbocycles. The van der Waals surface area contributed by atoms with Crippen LogP contribution in [0.3, 0.4) is 0 Å². The summed E-state index contributed by atoms with van der Waals surface area (Å²) in [5, 5.41) is 2.95. The van der Waals surface area contributed by atoms with Crippen LogP contribution in [0, 0.1) is 11.2 Å². The lowest BCUT2D eigenvalue weighted by Gasteiger charge is -2.28. The molecule has 0 aliphatic rings. The van der Waals surface area contributed by atoms with Crippen LogP contribution in [-0.4, -0.2) is 28.5 Å². The summed E-state index contributed by atoms with van der Waals surface area (Å²) >= 11 is 0. The van der Waals surface area contributed by atoms with E-state index in [1.165, 1.54) is 6.07 Å². The van der Waals surface area contributed by atoms with E-state index in [9.17, 15) is 9.18 Å². The number of hydrogen-bond donors (Lipinski definition) is 2. The van der Waals surface area contributed by atoms with E-state index in [-0.39, 0.29) is 36.5 Å². The standard InChI is InChI=1S/C17H25FN4O.2ClH/c1-4-17(5-2,11-19)16(23)20-10-9-14-21-15-12(18)7-6-8-13(15)22(14)3;;/h6-8H,4-5,9-11,19H2,1-3H3,(H,20,23);2*1H. The van der Waals surface area contributed by atoms with Gasteiger partial charge in [-0.25, -0.2) is 9.37 Å². The predicted molar refractivity (Wildman–Crippen MR) is 104 cm³/mol. The molecule has 0 spiro atoms. The van der Waals surface area contributed by atoms with Gasteiger partial charge in [-0.15, -0.1) is 24.8 Å². The number of nitrogens with one attached hydrogen (secondary N) is 1. The van der Waals surface area contributed by atoms with Crippen LogP contribution >= 0.6 is 24.8 Å². The average Bonchev–Trinajstić information content (AvgIpc) is 2.88. The number of aromatic nitrogens is 2. The van der Waals surface area contributed by atoms with Crippen molar-refractivity contribution < 1.29 is 9.18 Å². The number of para-hydroxylation sites is 1. The van der Waals surface area contributed by atoms with Crippen LogP contribution in [0.1, 0.15) is 32.5 Å². The summed E-state index contributed by atoms with van der Waals surface area (Å²) in [6, 6.07) is 4.91. The Kier molecular flexibility index (Phi) is 9.40. The molecule has 0 fully saturated rings. The molecule has 25 heavy (non-hydrogen) atoms. The normalized spacial score (nSPS) is 10.9. The maximum Gasteiger partial charge on any atom is 0.227 e. The zero-order valence-corrected chi connectivity index (χ0v) is 16.5. The van der Waals surface area contributed by atoms with E-state index in [0.717, 1.165) is 11.3 Å². The first kappa shape index (κ1) is 23.6. The molecule has 0 bridgehead atoms. The fourth-order valence-corrected chi connectivity index (χ4v) is 2.88. The number of benzene rings is 1. The number of carbonyl (C=O) groups is 1. The summed E-state index contributed by atoms with van der Waals surface area (Å²) in [5.74, 6) is 0.402. The number of halogens is 3. The second-order valence-corrected chi connectivity index (χ2v) is 5.89. The summed E-state index contributed by atoms with van der Waals surface area (Å²) < 4.78 is 15.6. The van der Waals surface area contributed by atoms with Crippen molar-refractivity contribution in [3.05, 3.63) is 29.8 Å². The predicted octanol–water partition coefficient (Wildman–Crippen LogP) is 2.98. The van der Waals surface area contributed by atoms with Gasteiger partial charge in [0.1, 0.15) is 11.3 Å². The fraction of sp³-hybridized carbons (Fsp3) is 0.529. The largest absolute Gasteiger partial charge is 0.355 e. The molecule has 0 aliphatic carbocycles. The van der Waals surface area contributed by atoms with Crippen molar-refractivity contribution in [1.82, 2.24) is 14.9 Å². The average molecular weight is 393 g/mol. The summed E-state index contributed by atoms with van der Waals surface area (Å²) in [6.45, 7) is 4.75. The highest BCUT2D eigenvalue weighted by molar-refractivity contribution is 5.85. The Morgan fingerprint density at radius 2 is 1.96 bits per heavy atom. The molecule has 2 aromatic rings. The first-order chi connectivity index (χ1) is 11.0. The van der Waals surface area contributed by atoms with Crippen LogP contribution in [0.4, 0.5) is 4.39 Å². The van der Waals surface area contributed by atoms with Crippen molar-refractivity contribution >= 4 is 41.8 Å². The van der Waals surface area contributed by atoms with Gasteiger partial charge in [-0.2, -0.15) is 0 Å². The van der Waals surface area contributed by atoms with Crippen LogP contribution in [0.15, 0.2) is 18.2 Å². The molecule has 0 aliphatic heterocycles. The van der Waals surface area contributed by atoms with Crippen LogP contribution in [-0.2, 0) is 18.3 Å². The van der Waals surface area contributed by atoms with Crippen LogP contribution in [0.2, 0.25) is 0 Å². The first-order valence-electron chi connectivity index (χ1n) is 8.07. The Hall–Kier alpha value is -1.37. The van der Waals surface area contributed by atoms with Gasteiger partial charge in [0.2, 0.25) is 5.91 Å². The summed E-state index contributed by atoms with van der Waals surface area (Å²) in [6.07, 6.45) is 1.97. The van der Waals surface area contributed by atoms with Crippen LogP contribution < -0.4 is 11.1 Å². The van der Waals surface area contributed by atoms with E-state index >= 15 is 0 Å². The minimum atomic E-state index is -0.502. The number of hydrogen-bond acceptors (Lipinski definition) is 3. The Bertz CT molecular complexity index is 693. The van der Waals surface area contributed by atoms with Gasteiger partial charge in [0.25, 0.3) is 0 Å². The number of nitrogens with zero attached hydrogens (tertiary/aromatic N) is 2. The molecule has 1 heterocycles. The number of nitrogens with two attached hydrogens (primary N) is 1. The molecule has 5 nitrogen and oxygen atoms in total. The lowest BCUT2D eigenvalue weighted by atomic mass is 9.81. The molecule has 1 aromatic carbocycles. The third-order valence-corrected chi connectivity index (χ3v) is 4.81. The summed E-state index contributed by atoms with van der Waals surface area (Å²) in [5.41, 5.74) is 6.41. The van der Waals surface area contributed by atoms with E-state index in [0.29, 0.717) is 37.9 Å². The zero-order chi connectivity index (χ0) is 17.0. The second-order valence-electron chi connectivity index (χ2n) is 5.89. The van der Waals surface area contributed by atoms with Crippen molar-refractivity contribution in [3.63, 3.8) is 0 Å². The van der Waals surface area contributed by atoms with Crippen molar-refractivity contribution in [3.8, 4) is 0 Å². The third-order valence-electron chi connectivity index (χ3n) is 4.81. The van der Waals surface area contributed by atoms with Gasteiger partial charge in [0, 0.05) is 26.6 Å². The van der Waals surface area contributed by atoms with E-state index in [1.54, 1.807) is 6.07 Å². The van der Waals surface area contributed by atoms with Gasteiger partial charge in [0.15, 0.2) is 5.82 Å². The number of rotatable bonds is 7. The van der Waals surface area contributed by atoms with Crippen molar-refractivity contribution in [2.45, 2.75) is 33.1 Å². The van der Waals surface area contributed by atoms with E-state index < -0.39 is 5.41 Å². The van der Waals surface area contributed by atoms with E-state index in [2.05, 4.69) is 10.3 Å². The molecule has 2 rings (SSSR count). The van der Waals surface area contributed by atoms with Crippen LogP contribution in [0.5, 0.6) is 0 Å². The minimum Gasteiger partial charge on any atom is -0.355 e. The third kappa shape index (κ3) is 4.63. The first-order valence-corrected chi connectivity index (χ1v) is 8.07. The molecular formula is C17H27Cl2FN4O. The van der Waals surface area contributed by atoms with Gasteiger partial charge in [0.05, 0.1) is 10.9 Å². The number of imidazole rings is 1. The highest BCUT2D eigenvalue weighted by atomic mass is 35.5. The van der Waals surface area contributed by atoms with Gasteiger partial charge in [-0.05, 0) is 25.0 Å². The molecule has 0 radical (unpaired) electrons. The molecular weight excluding hydrogens is 366 g/mol. The molecule has 1 amide bonds. The Morgan fingerprint density at radius 3 is 2.48 bits per heavy atom. The number of carbonyl (C=O) groups excluding carboxylic acids is 1. The van der Waals surface area contributed by atoms with E-state index in [4.69, 9.17) is 5.73 Å². The topological polar surface area (TPSA) is 72.9 Å². The molecule has 3 N–H and O–H groups in total. The lowest BCUT2D eigenvalue weighted by Crippen LogP contribution is -2.45. The van der Waals surface area contributed by atoms with Gasteiger partial charge in [-0.1, -0.05) is 19.9 Å². The zero-order valence-electron chi connectivity index (χ0n) is 14.8. The summed E-state index contributed by atoms with van der Waals surface area (Å²) in [4.78, 5) is 16.7.